The zero-order chi connectivity index (χ0) is 7.84. The number of fused-ring (bicyclic) bond motifs is 1. The number of hydrogen-bond donors (Lipinski definition) is 0. The summed E-state index contributed by atoms with van der Waals surface area (Å²) in [5, 5.41) is 0.532. The van der Waals surface area contributed by atoms with Gasteiger partial charge in [-0.2, -0.15) is 9.98 Å². The fraction of sp³-hybridized carbons (Fsp3) is 0. The molecule has 0 saturated heterocycles. The van der Waals surface area contributed by atoms with Gasteiger partial charge in [-0.05, 0) is 22.0 Å². The van der Waals surface area contributed by atoms with Gasteiger partial charge in [-0.15, -0.1) is 0 Å². The number of nitrogens with zero attached hydrogens (tertiary/aromatic N) is 3. The molecule has 54 valence electrons. The molecule has 0 unspecified atom stereocenters. The number of amides is 2. The minimum atomic E-state index is -0.481. The number of carbonyl (C=O) groups excluding carboxylic acids is 1. The van der Waals surface area contributed by atoms with E-state index in [1.165, 1.54) is 0 Å². The summed E-state index contributed by atoms with van der Waals surface area (Å²) in [6.45, 7) is 0. The van der Waals surface area contributed by atoms with Crippen molar-refractivity contribution >= 4 is 22.0 Å². The van der Waals surface area contributed by atoms with Gasteiger partial charge in [0, 0.05) is 10.7 Å². The van der Waals surface area contributed by atoms with E-state index in [2.05, 4.69) is 30.9 Å². The van der Waals surface area contributed by atoms with Gasteiger partial charge in [-0.25, -0.2) is 9.78 Å². The van der Waals surface area contributed by atoms with Gasteiger partial charge in [0.25, 0.3) is 0 Å². The first-order chi connectivity index (χ1) is 5.25. The Hall–Kier alpha value is -1.10. The Labute approximate surface area is 69.8 Å². The van der Waals surface area contributed by atoms with Gasteiger partial charge in [0.05, 0.1) is 0 Å². The monoisotopic (exact) mass is 211 g/mol. The summed E-state index contributed by atoms with van der Waals surface area (Å²) in [7, 11) is 0. The van der Waals surface area contributed by atoms with Crippen LogP contribution in [0.2, 0.25) is 0 Å². The zero-order valence-corrected chi connectivity index (χ0v) is 6.87. The maximum absolute atomic E-state index is 10.6. The van der Waals surface area contributed by atoms with Gasteiger partial charge in [0.1, 0.15) is 5.36 Å². The SMILES string of the molecule is O=C1N=c2cc(Br)cnc2=N1. The van der Waals surface area contributed by atoms with Crippen LogP contribution in [0.25, 0.3) is 0 Å². The van der Waals surface area contributed by atoms with Crippen LogP contribution < -0.4 is 10.8 Å². The van der Waals surface area contributed by atoms with Crippen molar-refractivity contribution < 1.29 is 4.79 Å². The number of aromatic nitrogens is 1. The van der Waals surface area contributed by atoms with Crippen molar-refractivity contribution in [3.8, 4) is 0 Å². The summed E-state index contributed by atoms with van der Waals surface area (Å²) in [4.78, 5) is 21.7. The highest BCUT2D eigenvalue weighted by Gasteiger charge is 2.04. The van der Waals surface area contributed by atoms with Crippen LogP contribution >= 0.6 is 15.9 Å². The van der Waals surface area contributed by atoms with Crippen molar-refractivity contribution in [1.82, 2.24) is 4.98 Å². The van der Waals surface area contributed by atoms with Crippen LogP contribution in [0, 0.1) is 0 Å². The molecule has 1 aromatic heterocycles. The summed E-state index contributed by atoms with van der Waals surface area (Å²) in [5.74, 6) is 0. The molecule has 4 nitrogen and oxygen atoms in total. The number of rotatable bonds is 0. The number of pyridine rings is 1. The van der Waals surface area contributed by atoms with Crippen LogP contribution in [0.4, 0.5) is 4.79 Å². The molecule has 0 fully saturated rings. The molecule has 0 atom stereocenters. The second kappa shape index (κ2) is 2.20. The topological polar surface area (TPSA) is 54.7 Å². The van der Waals surface area contributed by atoms with Gasteiger partial charge in [-0.1, -0.05) is 0 Å². The third-order valence-corrected chi connectivity index (χ3v) is 1.67. The van der Waals surface area contributed by atoms with Crippen molar-refractivity contribution in [2.75, 3.05) is 0 Å². The van der Waals surface area contributed by atoms with Gasteiger partial charge in [-0.3, -0.25) is 0 Å². The maximum Gasteiger partial charge on any atom is 0.369 e. The van der Waals surface area contributed by atoms with E-state index in [9.17, 15) is 4.79 Å². The molecule has 0 N–H and O–H groups in total. The number of urea groups is 1. The molecule has 1 aliphatic heterocycles. The highest BCUT2D eigenvalue weighted by molar-refractivity contribution is 9.10. The molecular weight excluding hydrogens is 210 g/mol. The van der Waals surface area contributed by atoms with Crippen molar-refractivity contribution in [1.29, 1.82) is 0 Å². The summed E-state index contributed by atoms with van der Waals surface area (Å²) in [6.07, 6.45) is 1.58. The average molecular weight is 212 g/mol. The molecule has 0 saturated carbocycles. The molecular formula is C6H2BrN3O. The van der Waals surface area contributed by atoms with Crippen LogP contribution in [-0.4, -0.2) is 11.0 Å². The Kier molecular flexibility index (Phi) is 1.32. The van der Waals surface area contributed by atoms with E-state index >= 15 is 0 Å². The van der Waals surface area contributed by atoms with Crippen LogP contribution in [-0.2, 0) is 0 Å². The summed E-state index contributed by atoms with van der Waals surface area (Å²) in [5.41, 5.74) is 0.401. The first-order valence-corrected chi connectivity index (χ1v) is 3.68. The predicted octanol–water partition coefficient (Wildman–Crippen LogP) is 0.217. The third kappa shape index (κ3) is 1.07. The normalized spacial score (nSPS) is 13.7. The van der Waals surface area contributed by atoms with E-state index in [4.69, 9.17) is 0 Å². The highest BCUT2D eigenvalue weighted by atomic mass is 79.9. The van der Waals surface area contributed by atoms with E-state index in [0.717, 1.165) is 4.47 Å². The van der Waals surface area contributed by atoms with E-state index in [1.54, 1.807) is 12.3 Å². The number of carbonyl (C=O) groups is 1. The molecule has 0 aliphatic carbocycles. The lowest BCUT2D eigenvalue weighted by molar-refractivity contribution is 0.256. The molecule has 1 aromatic rings. The zero-order valence-electron chi connectivity index (χ0n) is 5.28. The lowest BCUT2D eigenvalue weighted by Gasteiger charge is -1.82. The minimum absolute atomic E-state index is 0.401. The summed E-state index contributed by atoms with van der Waals surface area (Å²) >= 11 is 3.21. The average Bonchev–Trinajstić information content (AvgIpc) is 2.27. The fourth-order valence-electron chi connectivity index (χ4n) is 0.808. The maximum atomic E-state index is 10.6. The van der Waals surface area contributed by atoms with E-state index in [1.807, 2.05) is 0 Å². The minimum Gasteiger partial charge on any atom is -0.244 e. The van der Waals surface area contributed by atoms with Crippen molar-refractivity contribution in [3.05, 3.63) is 27.6 Å². The Morgan fingerprint density at radius 1 is 1.36 bits per heavy atom. The number of hydrogen-bond acceptors (Lipinski definition) is 2. The van der Waals surface area contributed by atoms with Crippen LogP contribution in [0.5, 0.6) is 0 Å². The lowest BCUT2D eigenvalue weighted by atomic mass is 10.5. The predicted molar refractivity (Wildman–Crippen MR) is 39.6 cm³/mol. The van der Waals surface area contributed by atoms with E-state index in [0.29, 0.717) is 10.8 Å². The molecule has 5 heteroatoms. The van der Waals surface area contributed by atoms with E-state index < -0.39 is 6.03 Å². The highest BCUT2D eigenvalue weighted by Crippen LogP contribution is 2.00. The third-order valence-electron chi connectivity index (χ3n) is 1.23. The first-order valence-electron chi connectivity index (χ1n) is 2.89. The van der Waals surface area contributed by atoms with Crippen LogP contribution in [0.15, 0.2) is 26.7 Å². The second-order valence-electron chi connectivity index (χ2n) is 2.00. The molecule has 0 aromatic carbocycles. The van der Waals surface area contributed by atoms with Crippen LogP contribution in [0.3, 0.4) is 0 Å². The van der Waals surface area contributed by atoms with Gasteiger partial charge in [0.15, 0.2) is 5.49 Å². The molecule has 0 bridgehead atoms. The standard InChI is InChI=1S/C6H2BrN3O/c7-3-1-4-5(8-2-3)10-6(11)9-4/h1-2H. The van der Waals surface area contributed by atoms with Crippen molar-refractivity contribution in [2.45, 2.75) is 0 Å². The quantitative estimate of drug-likeness (QED) is 0.617. The Morgan fingerprint density at radius 3 is 3.00 bits per heavy atom. The molecule has 2 rings (SSSR count). The molecule has 2 heterocycles. The van der Waals surface area contributed by atoms with Gasteiger partial charge in [0.2, 0.25) is 0 Å². The van der Waals surface area contributed by atoms with E-state index in [-0.39, 0.29) is 0 Å². The Morgan fingerprint density at radius 2 is 2.18 bits per heavy atom. The van der Waals surface area contributed by atoms with Gasteiger partial charge < -0.3 is 0 Å². The van der Waals surface area contributed by atoms with Crippen molar-refractivity contribution in [2.24, 2.45) is 9.98 Å². The molecule has 0 spiro atoms. The summed E-state index contributed by atoms with van der Waals surface area (Å²) in [6, 6.07) is 1.22. The molecule has 0 radical (unpaired) electrons. The Bertz CT molecular complexity index is 440. The lowest BCUT2D eigenvalue weighted by Crippen LogP contribution is -2.24. The molecule has 11 heavy (non-hydrogen) atoms. The van der Waals surface area contributed by atoms with Crippen LogP contribution in [0.1, 0.15) is 0 Å². The summed E-state index contributed by atoms with van der Waals surface area (Å²) < 4.78 is 0.796. The largest absolute Gasteiger partial charge is 0.369 e. The fourth-order valence-corrected chi connectivity index (χ4v) is 1.13. The number of halogens is 1. The second-order valence-corrected chi connectivity index (χ2v) is 2.92. The molecule has 2 amide bonds. The smallest absolute Gasteiger partial charge is 0.244 e. The Balaban J connectivity index is 2.89. The first kappa shape index (κ1) is 6.60. The van der Waals surface area contributed by atoms with Gasteiger partial charge >= 0.3 is 6.03 Å². The van der Waals surface area contributed by atoms with Crippen molar-refractivity contribution in [3.63, 3.8) is 0 Å². The molecule has 1 aliphatic rings.